The molecule has 0 aliphatic carbocycles. The van der Waals surface area contributed by atoms with Crippen LogP contribution < -0.4 is 10.1 Å². The molecule has 0 amide bonds. The van der Waals surface area contributed by atoms with E-state index in [-0.39, 0.29) is 0 Å². The van der Waals surface area contributed by atoms with Gasteiger partial charge in [-0.25, -0.2) is 0 Å². The van der Waals surface area contributed by atoms with Crippen molar-refractivity contribution in [1.82, 2.24) is 10.2 Å². The summed E-state index contributed by atoms with van der Waals surface area (Å²) in [6.07, 6.45) is 3.96. The maximum Gasteiger partial charge on any atom is 0.137 e. The summed E-state index contributed by atoms with van der Waals surface area (Å²) >= 11 is 6.12. The summed E-state index contributed by atoms with van der Waals surface area (Å²) in [6.45, 7) is 4.45. The summed E-state index contributed by atoms with van der Waals surface area (Å²) in [4.78, 5) is 2.42. The molecule has 1 aromatic carbocycles. The summed E-state index contributed by atoms with van der Waals surface area (Å²) < 4.78 is 5.16. The van der Waals surface area contributed by atoms with Crippen molar-refractivity contribution in [3.63, 3.8) is 0 Å². The van der Waals surface area contributed by atoms with E-state index in [1.54, 1.807) is 7.11 Å². The first-order valence-electron chi connectivity index (χ1n) is 7.40. The smallest absolute Gasteiger partial charge is 0.137 e. The molecule has 1 N–H and O–H groups in total. The molecule has 0 atom stereocenters. The first-order valence-corrected chi connectivity index (χ1v) is 7.78. The van der Waals surface area contributed by atoms with Crippen molar-refractivity contribution in [2.45, 2.75) is 25.8 Å². The maximum absolute atomic E-state index is 6.12. The van der Waals surface area contributed by atoms with Crippen molar-refractivity contribution >= 4 is 11.6 Å². The number of ether oxygens (including phenoxy) is 1. The topological polar surface area (TPSA) is 24.5 Å². The quantitative estimate of drug-likeness (QED) is 0.816. The van der Waals surface area contributed by atoms with Gasteiger partial charge in [-0.15, -0.1) is 0 Å². The molecule has 0 aromatic heterocycles. The lowest BCUT2D eigenvalue weighted by molar-refractivity contribution is 0.211. The van der Waals surface area contributed by atoms with Crippen LogP contribution in [0.1, 0.15) is 24.8 Å². The molecule has 3 nitrogen and oxygen atoms in total. The van der Waals surface area contributed by atoms with Crippen molar-refractivity contribution in [3.8, 4) is 5.75 Å². The van der Waals surface area contributed by atoms with E-state index in [4.69, 9.17) is 16.3 Å². The van der Waals surface area contributed by atoms with Crippen LogP contribution in [-0.2, 0) is 6.54 Å². The normalized spacial score (nSPS) is 17.4. The van der Waals surface area contributed by atoms with Crippen molar-refractivity contribution in [1.29, 1.82) is 0 Å². The van der Waals surface area contributed by atoms with Gasteiger partial charge in [-0.1, -0.05) is 17.7 Å². The molecule has 1 fully saturated rings. The van der Waals surface area contributed by atoms with Crippen LogP contribution in [0.3, 0.4) is 0 Å². The molecule has 4 heteroatoms. The first kappa shape index (κ1) is 15.6. The van der Waals surface area contributed by atoms with Gasteiger partial charge in [0, 0.05) is 6.54 Å². The van der Waals surface area contributed by atoms with Crippen LogP contribution in [0.4, 0.5) is 0 Å². The fourth-order valence-corrected chi connectivity index (χ4v) is 2.99. The SMILES string of the molecule is COc1ccc(CNCCC2CCN(C)CC2)cc1Cl. The van der Waals surface area contributed by atoms with Crippen LogP contribution in [0.5, 0.6) is 5.75 Å². The lowest BCUT2D eigenvalue weighted by atomic mass is 9.94. The Balaban J connectivity index is 1.67. The molecular weight excluding hydrogens is 272 g/mol. The lowest BCUT2D eigenvalue weighted by Gasteiger charge is -2.28. The van der Waals surface area contributed by atoms with Crippen LogP contribution in [0.2, 0.25) is 5.02 Å². The number of hydrogen-bond acceptors (Lipinski definition) is 3. The number of halogens is 1. The molecule has 0 radical (unpaired) electrons. The highest BCUT2D eigenvalue weighted by Crippen LogP contribution is 2.25. The monoisotopic (exact) mass is 296 g/mol. The van der Waals surface area contributed by atoms with Gasteiger partial charge in [0.25, 0.3) is 0 Å². The highest BCUT2D eigenvalue weighted by Gasteiger charge is 2.15. The summed E-state index contributed by atoms with van der Waals surface area (Å²) in [5.41, 5.74) is 1.21. The van der Waals surface area contributed by atoms with Crippen LogP contribution in [0.15, 0.2) is 18.2 Å². The highest BCUT2D eigenvalue weighted by molar-refractivity contribution is 6.32. The number of hydrogen-bond donors (Lipinski definition) is 1. The van der Waals surface area contributed by atoms with Crippen LogP contribution >= 0.6 is 11.6 Å². The molecule has 1 aromatic rings. The van der Waals surface area contributed by atoms with E-state index in [1.165, 1.54) is 37.9 Å². The van der Waals surface area contributed by atoms with Gasteiger partial charge in [0.15, 0.2) is 0 Å². The van der Waals surface area contributed by atoms with Gasteiger partial charge in [0.1, 0.15) is 5.75 Å². The van der Waals surface area contributed by atoms with E-state index in [0.29, 0.717) is 5.02 Å². The van der Waals surface area contributed by atoms with Gasteiger partial charge in [0.2, 0.25) is 0 Å². The molecule has 1 aliphatic rings. The Morgan fingerprint density at radius 2 is 2.10 bits per heavy atom. The molecule has 0 bridgehead atoms. The molecule has 0 unspecified atom stereocenters. The minimum absolute atomic E-state index is 0.683. The van der Waals surface area contributed by atoms with Crippen molar-refractivity contribution in [3.05, 3.63) is 28.8 Å². The third-order valence-corrected chi connectivity index (χ3v) is 4.41. The largest absolute Gasteiger partial charge is 0.495 e. The number of nitrogens with one attached hydrogen (secondary N) is 1. The Morgan fingerprint density at radius 3 is 2.75 bits per heavy atom. The molecule has 112 valence electrons. The fourth-order valence-electron chi connectivity index (χ4n) is 2.71. The van der Waals surface area contributed by atoms with Crippen LogP contribution in [0.25, 0.3) is 0 Å². The summed E-state index contributed by atoms with van der Waals surface area (Å²) in [6, 6.07) is 5.96. The van der Waals surface area contributed by atoms with Gasteiger partial charge in [-0.05, 0) is 69.6 Å². The number of piperidine rings is 1. The van der Waals surface area contributed by atoms with Gasteiger partial charge >= 0.3 is 0 Å². The first-order chi connectivity index (χ1) is 9.69. The summed E-state index contributed by atoms with van der Waals surface area (Å²) in [7, 11) is 3.85. The zero-order valence-electron chi connectivity index (χ0n) is 12.5. The molecule has 1 heterocycles. The molecule has 20 heavy (non-hydrogen) atoms. The van der Waals surface area contributed by atoms with Gasteiger partial charge in [-0.2, -0.15) is 0 Å². The molecule has 0 spiro atoms. The number of rotatable bonds is 6. The second-order valence-corrected chi connectivity index (χ2v) is 6.09. The van der Waals surface area contributed by atoms with E-state index in [1.807, 2.05) is 12.1 Å². The molecule has 0 saturated carbocycles. The minimum Gasteiger partial charge on any atom is -0.495 e. The molecule has 1 aliphatic heterocycles. The van der Waals surface area contributed by atoms with Gasteiger partial charge in [-0.3, -0.25) is 0 Å². The maximum atomic E-state index is 6.12. The third-order valence-electron chi connectivity index (χ3n) is 4.11. The average Bonchev–Trinajstić information content (AvgIpc) is 2.46. The zero-order chi connectivity index (χ0) is 14.4. The van der Waals surface area contributed by atoms with Crippen molar-refractivity contribution < 1.29 is 4.74 Å². The van der Waals surface area contributed by atoms with Gasteiger partial charge < -0.3 is 15.0 Å². The second kappa shape index (κ2) is 7.87. The standard InChI is InChI=1S/C16H25ClN2O/c1-19-9-6-13(7-10-19)5-8-18-12-14-3-4-16(20-2)15(17)11-14/h3-4,11,13,18H,5-10,12H2,1-2H3. The Labute approximate surface area is 127 Å². The number of nitrogens with zero attached hydrogens (tertiary/aromatic N) is 1. The average molecular weight is 297 g/mol. The van der Waals surface area contributed by atoms with E-state index in [0.717, 1.165) is 24.8 Å². The molecular formula is C16H25ClN2O. The Hall–Kier alpha value is -0.770. The van der Waals surface area contributed by atoms with Gasteiger partial charge in [0.05, 0.1) is 12.1 Å². The Kier molecular flexibility index (Phi) is 6.14. The number of likely N-dealkylation sites (tertiary alicyclic amines) is 1. The van der Waals surface area contributed by atoms with Crippen molar-refractivity contribution in [2.24, 2.45) is 5.92 Å². The zero-order valence-corrected chi connectivity index (χ0v) is 13.2. The number of benzene rings is 1. The second-order valence-electron chi connectivity index (χ2n) is 5.68. The predicted octanol–water partition coefficient (Wildman–Crippen LogP) is 3.17. The van der Waals surface area contributed by atoms with E-state index >= 15 is 0 Å². The lowest BCUT2D eigenvalue weighted by Crippen LogP contribution is -2.31. The van der Waals surface area contributed by atoms with Crippen molar-refractivity contribution in [2.75, 3.05) is 33.8 Å². The molecule has 1 saturated heterocycles. The van der Waals surface area contributed by atoms with Crippen LogP contribution in [0, 0.1) is 5.92 Å². The van der Waals surface area contributed by atoms with E-state index in [2.05, 4.69) is 23.3 Å². The fraction of sp³-hybridized carbons (Fsp3) is 0.625. The summed E-state index contributed by atoms with van der Waals surface area (Å²) in [5.74, 6) is 1.62. The minimum atomic E-state index is 0.683. The van der Waals surface area contributed by atoms with Crippen LogP contribution in [-0.4, -0.2) is 38.7 Å². The van der Waals surface area contributed by atoms with E-state index in [9.17, 15) is 0 Å². The number of methoxy groups -OCH3 is 1. The van der Waals surface area contributed by atoms with E-state index < -0.39 is 0 Å². The highest BCUT2D eigenvalue weighted by atomic mass is 35.5. The Bertz CT molecular complexity index is 417. The summed E-state index contributed by atoms with van der Waals surface area (Å²) in [5, 5.41) is 4.19. The Morgan fingerprint density at radius 1 is 1.35 bits per heavy atom. The predicted molar refractivity (Wildman–Crippen MR) is 84.5 cm³/mol. The molecule has 2 rings (SSSR count). The third kappa shape index (κ3) is 4.65.